The molecule has 0 fully saturated rings. The van der Waals surface area contributed by atoms with Crippen molar-refractivity contribution in [2.75, 3.05) is 6.54 Å². The molecule has 3 rings (SSSR count). The number of hydrogen-bond donors (Lipinski definition) is 0. The van der Waals surface area contributed by atoms with Gasteiger partial charge in [-0.25, -0.2) is 0 Å². The van der Waals surface area contributed by atoms with Gasteiger partial charge in [0.25, 0.3) is 0 Å². The van der Waals surface area contributed by atoms with Gasteiger partial charge in [-0.3, -0.25) is 19.9 Å². The van der Waals surface area contributed by atoms with Crippen LogP contribution < -0.4 is 36.4 Å². The van der Waals surface area contributed by atoms with Gasteiger partial charge in [-0.15, -0.1) is 0 Å². The van der Waals surface area contributed by atoms with Crippen molar-refractivity contribution in [3.8, 4) is 6.07 Å². The minimum Gasteiger partial charge on any atom is -1.00 e. The molecule has 0 amide bonds. The van der Waals surface area contributed by atoms with Gasteiger partial charge in [0.2, 0.25) is 0 Å². The first kappa shape index (κ1) is 38.0. The van der Waals surface area contributed by atoms with Crippen molar-refractivity contribution >= 4 is 11.6 Å². The SMILES string of the molecule is CC#N.CC(C)c1cccc(C(C)C)c1N=C([O-])CCN(Cc1ccccn1)Cc1ccccn1.[Cl-].[Cu+].[Li+]. The smallest absolute Gasteiger partial charge is 1.00 e. The van der Waals surface area contributed by atoms with E-state index in [0.717, 1.165) is 28.2 Å². The van der Waals surface area contributed by atoms with E-state index in [1.807, 2.05) is 36.4 Å². The summed E-state index contributed by atoms with van der Waals surface area (Å²) in [6.45, 7) is 11.9. The second-order valence-corrected chi connectivity index (χ2v) is 8.93. The molecular formula is C29H36ClCuLiN5O. The zero-order valence-electron chi connectivity index (χ0n) is 23.2. The van der Waals surface area contributed by atoms with Gasteiger partial charge in [-0.2, -0.15) is 5.26 Å². The normalized spacial score (nSPS) is 10.4. The minimum absolute atomic E-state index is 0. The monoisotopic (exact) mass is 575 g/mol. The number of nitrogens with zero attached hydrogens (tertiary/aromatic N) is 5. The number of rotatable bonds is 10. The van der Waals surface area contributed by atoms with Crippen LogP contribution >= 0.6 is 0 Å². The molecule has 0 aliphatic heterocycles. The summed E-state index contributed by atoms with van der Waals surface area (Å²) in [6.07, 6.45) is 3.94. The van der Waals surface area contributed by atoms with Crippen molar-refractivity contribution in [1.82, 2.24) is 14.9 Å². The molecule has 2 aromatic heterocycles. The van der Waals surface area contributed by atoms with Crippen LogP contribution in [-0.2, 0) is 30.2 Å². The van der Waals surface area contributed by atoms with Crippen molar-refractivity contribution < 1.29 is 53.4 Å². The largest absolute Gasteiger partial charge is 1.00 e. The third kappa shape index (κ3) is 13.1. The van der Waals surface area contributed by atoms with Crippen molar-refractivity contribution in [2.24, 2.45) is 4.99 Å². The van der Waals surface area contributed by atoms with E-state index >= 15 is 0 Å². The van der Waals surface area contributed by atoms with Crippen molar-refractivity contribution in [3.05, 3.63) is 89.5 Å². The predicted molar refractivity (Wildman–Crippen MR) is 140 cm³/mol. The van der Waals surface area contributed by atoms with Gasteiger partial charge < -0.3 is 17.5 Å². The Morgan fingerprint density at radius 3 is 1.71 bits per heavy atom. The molecule has 0 spiro atoms. The van der Waals surface area contributed by atoms with Gasteiger partial charge >= 0.3 is 35.9 Å². The Bertz CT molecular complexity index is 1040. The molecule has 0 bridgehead atoms. The number of aromatic nitrogens is 2. The van der Waals surface area contributed by atoms with Crippen LogP contribution in [0, 0.1) is 11.3 Å². The Morgan fingerprint density at radius 1 is 0.895 bits per heavy atom. The van der Waals surface area contributed by atoms with Crippen LogP contribution in [0.2, 0.25) is 0 Å². The molecule has 38 heavy (non-hydrogen) atoms. The molecule has 0 aliphatic carbocycles. The van der Waals surface area contributed by atoms with Gasteiger partial charge in [0.15, 0.2) is 0 Å². The second kappa shape index (κ2) is 20.8. The Hall–Kier alpha value is -2.15. The summed E-state index contributed by atoms with van der Waals surface area (Å²) in [5.41, 5.74) is 5.05. The maximum atomic E-state index is 12.9. The Kier molecular flexibility index (Phi) is 20.8. The van der Waals surface area contributed by atoms with E-state index in [9.17, 15) is 5.11 Å². The number of benzene rings is 1. The number of aliphatic imine (C=N–C) groups is 1. The zero-order chi connectivity index (χ0) is 25.6. The third-order valence-corrected chi connectivity index (χ3v) is 5.44. The van der Waals surface area contributed by atoms with Crippen LogP contribution in [0.5, 0.6) is 0 Å². The molecule has 2 heterocycles. The maximum Gasteiger partial charge on any atom is 1.00 e. The van der Waals surface area contributed by atoms with E-state index in [4.69, 9.17) is 5.26 Å². The molecule has 0 saturated carbocycles. The Balaban J connectivity index is 0. The molecule has 9 heteroatoms. The average Bonchev–Trinajstić information content (AvgIpc) is 2.84. The molecule has 0 unspecified atom stereocenters. The van der Waals surface area contributed by atoms with E-state index < -0.39 is 0 Å². The van der Waals surface area contributed by atoms with Gasteiger partial charge in [0, 0.05) is 39.0 Å². The summed E-state index contributed by atoms with van der Waals surface area (Å²) >= 11 is 0. The third-order valence-electron chi connectivity index (χ3n) is 5.44. The summed E-state index contributed by atoms with van der Waals surface area (Å²) < 4.78 is 0. The van der Waals surface area contributed by atoms with Crippen molar-refractivity contribution in [2.45, 2.75) is 66.0 Å². The topological polar surface area (TPSA) is 88.2 Å². The molecule has 1 aromatic carbocycles. The van der Waals surface area contributed by atoms with Crippen LogP contribution in [0.3, 0.4) is 0 Å². The first-order valence-corrected chi connectivity index (χ1v) is 12.1. The standard InChI is InChI=1S/C27H34N4O.C2H3N.ClH.Cu.Li/c1-20(2)24-12-9-13-25(21(3)4)27(24)30-26(32)14-17-31(18-22-10-5-7-15-28-22)19-23-11-6-8-16-29-23;1-2-3;;;/h5-13,15-16,20-21H,14,17-19H2,1-4H3,(H,30,32);1H3;1H;;/q;;;2*+1/p-2. The zero-order valence-corrected chi connectivity index (χ0v) is 24.9. The molecular weight excluding hydrogens is 540 g/mol. The van der Waals surface area contributed by atoms with E-state index in [-0.39, 0.29) is 54.2 Å². The van der Waals surface area contributed by atoms with Crippen LogP contribution in [-0.4, -0.2) is 27.3 Å². The second-order valence-electron chi connectivity index (χ2n) is 8.93. The number of para-hydroxylation sites is 1. The van der Waals surface area contributed by atoms with Crippen molar-refractivity contribution in [3.63, 3.8) is 0 Å². The average molecular weight is 577 g/mol. The molecule has 0 saturated heterocycles. The quantitative estimate of drug-likeness (QED) is 0.189. The van der Waals surface area contributed by atoms with Gasteiger partial charge in [0.05, 0.1) is 23.1 Å². The Morgan fingerprint density at radius 2 is 1.34 bits per heavy atom. The first-order valence-electron chi connectivity index (χ1n) is 12.1. The number of halogens is 1. The van der Waals surface area contributed by atoms with Crippen LogP contribution in [0.4, 0.5) is 5.69 Å². The summed E-state index contributed by atoms with van der Waals surface area (Å²) in [7, 11) is 0. The molecule has 0 N–H and O–H groups in total. The minimum atomic E-state index is -0.0907. The van der Waals surface area contributed by atoms with Crippen LogP contribution in [0.1, 0.15) is 75.4 Å². The van der Waals surface area contributed by atoms with E-state index in [0.29, 0.717) is 37.9 Å². The maximum absolute atomic E-state index is 12.9. The van der Waals surface area contributed by atoms with E-state index in [1.54, 1.807) is 18.5 Å². The Labute approximate surface area is 257 Å². The number of hydrogen-bond acceptors (Lipinski definition) is 6. The molecule has 0 atom stereocenters. The summed E-state index contributed by atoms with van der Waals surface area (Å²) in [6, 6.07) is 19.8. The number of pyridine rings is 2. The van der Waals surface area contributed by atoms with Gasteiger partial charge in [-0.05, 0) is 59.5 Å². The molecule has 6 nitrogen and oxygen atoms in total. The van der Waals surface area contributed by atoms with Gasteiger partial charge in [-0.1, -0.05) is 58.0 Å². The molecule has 0 radical (unpaired) electrons. The fourth-order valence-electron chi connectivity index (χ4n) is 3.73. The number of nitriles is 1. The molecule has 0 aliphatic rings. The summed E-state index contributed by atoms with van der Waals surface area (Å²) in [5.74, 6) is 0.530. The molecule has 3 aromatic rings. The van der Waals surface area contributed by atoms with Crippen LogP contribution in [0.25, 0.3) is 0 Å². The van der Waals surface area contributed by atoms with Gasteiger partial charge in [0.1, 0.15) is 0 Å². The van der Waals surface area contributed by atoms with Crippen LogP contribution in [0.15, 0.2) is 72.0 Å². The fraction of sp³-hybridized carbons (Fsp3) is 0.379. The molecule has 202 valence electrons. The van der Waals surface area contributed by atoms with Crippen molar-refractivity contribution in [1.29, 1.82) is 5.26 Å². The van der Waals surface area contributed by atoms with E-state index in [2.05, 4.69) is 65.8 Å². The predicted octanol–water partition coefficient (Wildman–Crippen LogP) is -0.258. The fourth-order valence-corrected chi connectivity index (χ4v) is 3.73. The van der Waals surface area contributed by atoms with E-state index in [1.165, 1.54) is 6.92 Å². The first-order chi connectivity index (χ1) is 16.8. The summed E-state index contributed by atoms with van der Waals surface area (Å²) in [5, 5.41) is 20.3. The summed E-state index contributed by atoms with van der Waals surface area (Å²) in [4.78, 5) is 15.7.